The Bertz CT molecular complexity index is 353. The SMILES string of the molecule is COCC1(CNCc2ccc(C)s2)CCNCC1. The number of hydrogen-bond donors (Lipinski definition) is 2. The second kappa shape index (κ2) is 6.66. The lowest BCUT2D eigenvalue weighted by Crippen LogP contribution is -2.45. The maximum absolute atomic E-state index is 5.43. The van der Waals surface area contributed by atoms with E-state index in [0.29, 0.717) is 5.41 Å². The Balaban J connectivity index is 1.82. The van der Waals surface area contributed by atoms with Gasteiger partial charge in [-0.2, -0.15) is 0 Å². The van der Waals surface area contributed by atoms with E-state index in [0.717, 1.165) is 32.8 Å². The Hall–Kier alpha value is -0.420. The topological polar surface area (TPSA) is 33.3 Å². The third kappa shape index (κ3) is 3.79. The Morgan fingerprint density at radius 3 is 2.78 bits per heavy atom. The van der Waals surface area contributed by atoms with Crippen LogP contribution in [0, 0.1) is 12.3 Å². The first kappa shape index (κ1) is 14.0. The van der Waals surface area contributed by atoms with E-state index in [1.54, 1.807) is 0 Å². The highest BCUT2D eigenvalue weighted by Crippen LogP contribution is 2.28. The molecule has 0 aromatic carbocycles. The molecular formula is C14H24N2OS. The molecule has 0 spiro atoms. The maximum Gasteiger partial charge on any atom is 0.0531 e. The van der Waals surface area contributed by atoms with Crippen molar-refractivity contribution in [1.82, 2.24) is 10.6 Å². The van der Waals surface area contributed by atoms with Crippen LogP contribution in [0.4, 0.5) is 0 Å². The number of hydrogen-bond acceptors (Lipinski definition) is 4. The largest absolute Gasteiger partial charge is 0.384 e. The average molecular weight is 268 g/mol. The van der Waals surface area contributed by atoms with Crippen molar-refractivity contribution in [1.29, 1.82) is 0 Å². The zero-order chi connectivity index (χ0) is 12.8. The fraction of sp³-hybridized carbons (Fsp3) is 0.714. The Kier molecular flexibility index (Phi) is 5.18. The van der Waals surface area contributed by atoms with Gasteiger partial charge in [0, 0.05) is 35.4 Å². The van der Waals surface area contributed by atoms with Crippen molar-refractivity contribution >= 4 is 11.3 Å². The molecule has 0 radical (unpaired) electrons. The van der Waals surface area contributed by atoms with Gasteiger partial charge in [0.15, 0.2) is 0 Å². The van der Waals surface area contributed by atoms with Gasteiger partial charge in [-0.15, -0.1) is 11.3 Å². The number of thiophene rings is 1. The van der Waals surface area contributed by atoms with Gasteiger partial charge < -0.3 is 15.4 Å². The zero-order valence-electron chi connectivity index (χ0n) is 11.4. The van der Waals surface area contributed by atoms with Gasteiger partial charge in [-0.3, -0.25) is 0 Å². The summed E-state index contributed by atoms with van der Waals surface area (Å²) in [7, 11) is 1.81. The van der Waals surface area contributed by atoms with Gasteiger partial charge in [0.25, 0.3) is 0 Å². The van der Waals surface area contributed by atoms with Gasteiger partial charge in [0.05, 0.1) is 6.61 Å². The number of methoxy groups -OCH3 is 1. The van der Waals surface area contributed by atoms with Crippen molar-refractivity contribution in [2.75, 3.05) is 33.4 Å². The highest BCUT2D eigenvalue weighted by atomic mass is 32.1. The van der Waals surface area contributed by atoms with Crippen LogP contribution >= 0.6 is 11.3 Å². The molecule has 2 rings (SSSR count). The molecule has 0 unspecified atom stereocenters. The van der Waals surface area contributed by atoms with Gasteiger partial charge in [-0.05, 0) is 45.0 Å². The second-order valence-electron chi connectivity index (χ2n) is 5.30. The fourth-order valence-corrected chi connectivity index (χ4v) is 3.53. The highest BCUT2D eigenvalue weighted by molar-refractivity contribution is 7.11. The summed E-state index contributed by atoms with van der Waals surface area (Å²) in [6.45, 7) is 7.29. The second-order valence-corrected chi connectivity index (χ2v) is 6.67. The van der Waals surface area contributed by atoms with E-state index >= 15 is 0 Å². The van der Waals surface area contributed by atoms with Crippen molar-refractivity contribution in [3.8, 4) is 0 Å². The Morgan fingerprint density at radius 2 is 2.17 bits per heavy atom. The number of ether oxygens (including phenoxy) is 1. The van der Waals surface area contributed by atoms with Crippen molar-refractivity contribution in [3.05, 3.63) is 21.9 Å². The summed E-state index contributed by atoms with van der Waals surface area (Å²) in [5, 5.41) is 7.04. The Morgan fingerprint density at radius 1 is 1.39 bits per heavy atom. The van der Waals surface area contributed by atoms with Gasteiger partial charge in [0.2, 0.25) is 0 Å². The predicted molar refractivity (Wildman–Crippen MR) is 77.2 cm³/mol. The lowest BCUT2D eigenvalue weighted by Gasteiger charge is -2.37. The fourth-order valence-electron chi connectivity index (χ4n) is 2.67. The molecule has 0 saturated carbocycles. The van der Waals surface area contributed by atoms with Gasteiger partial charge in [-0.25, -0.2) is 0 Å². The zero-order valence-corrected chi connectivity index (χ0v) is 12.2. The van der Waals surface area contributed by atoms with Crippen LogP contribution in [0.5, 0.6) is 0 Å². The first-order chi connectivity index (χ1) is 8.74. The highest BCUT2D eigenvalue weighted by Gasteiger charge is 2.31. The molecule has 2 heterocycles. The van der Waals surface area contributed by atoms with Crippen molar-refractivity contribution in [3.63, 3.8) is 0 Å². The molecule has 1 aromatic rings. The normalized spacial score (nSPS) is 19.0. The first-order valence-electron chi connectivity index (χ1n) is 6.70. The molecule has 0 aliphatic carbocycles. The van der Waals surface area contributed by atoms with E-state index < -0.39 is 0 Å². The van der Waals surface area contributed by atoms with Crippen LogP contribution in [0.25, 0.3) is 0 Å². The smallest absolute Gasteiger partial charge is 0.0531 e. The number of aryl methyl sites for hydroxylation is 1. The van der Waals surface area contributed by atoms with E-state index in [4.69, 9.17) is 4.74 Å². The van der Waals surface area contributed by atoms with Gasteiger partial charge in [-0.1, -0.05) is 0 Å². The molecule has 0 atom stereocenters. The summed E-state index contributed by atoms with van der Waals surface area (Å²) in [5.74, 6) is 0. The van der Waals surface area contributed by atoms with E-state index in [1.807, 2.05) is 18.4 Å². The molecule has 1 fully saturated rings. The van der Waals surface area contributed by atoms with Gasteiger partial charge in [0.1, 0.15) is 0 Å². The van der Waals surface area contributed by atoms with E-state index in [1.165, 1.54) is 22.6 Å². The van der Waals surface area contributed by atoms with Crippen LogP contribution in [0.15, 0.2) is 12.1 Å². The predicted octanol–water partition coefficient (Wildman–Crippen LogP) is 2.16. The van der Waals surface area contributed by atoms with Crippen LogP contribution in [0.2, 0.25) is 0 Å². The number of nitrogens with one attached hydrogen (secondary N) is 2. The molecule has 4 heteroatoms. The summed E-state index contributed by atoms with van der Waals surface area (Å²) in [6, 6.07) is 4.41. The van der Waals surface area contributed by atoms with Crippen molar-refractivity contribution in [2.45, 2.75) is 26.3 Å². The molecule has 0 amide bonds. The summed E-state index contributed by atoms with van der Waals surface area (Å²) in [4.78, 5) is 2.81. The standard InChI is InChI=1S/C14H24N2OS/c1-12-3-4-13(18-12)9-16-10-14(11-17-2)5-7-15-8-6-14/h3-4,15-16H,5-11H2,1-2H3. The minimum atomic E-state index is 0.326. The lowest BCUT2D eigenvalue weighted by molar-refractivity contribution is 0.0535. The molecule has 1 saturated heterocycles. The number of rotatable bonds is 6. The molecule has 1 aliphatic heterocycles. The molecule has 2 N–H and O–H groups in total. The minimum Gasteiger partial charge on any atom is -0.384 e. The van der Waals surface area contributed by atoms with E-state index in [2.05, 4.69) is 29.7 Å². The Labute approximate surface area is 114 Å². The number of piperidine rings is 1. The maximum atomic E-state index is 5.43. The van der Waals surface area contributed by atoms with E-state index in [9.17, 15) is 0 Å². The molecule has 1 aliphatic rings. The summed E-state index contributed by atoms with van der Waals surface area (Å²) in [6.07, 6.45) is 2.41. The monoisotopic (exact) mass is 268 g/mol. The first-order valence-corrected chi connectivity index (χ1v) is 7.51. The van der Waals surface area contributed by atoms with Crippen molar-refractivity contribution in [2.24, 2.45) is 5.41 Å². The summed E-state index contributed by atoms with van der Waals surface area (Å²) < 4.78 is 5.43. The van der Waals surface area contributed by atoms with Crippen LogP contribution in [0.3, 0.4) is 0 Å². The average Bonchev–Trinajstić information content (AvgIpc) is 2.77. The molecular weight excluding hydrogens is 244 g/mol. The van der Waals surface area contributed by atoms with Crippen LogP contribution < -0.4 is 10.6 Å². The summed E-state index contributed by atoms with van der Waals surface area (Å²) >= 11 is 1.88. The molecule has 1 aromatic heterocycles. The van der Waals surface area contributed by atoms with E-state index in [-0.39, 0.29) is 0 Å². The third-order valence-corrected chi connectivity index (χ3v) is 4.71. The minimum absolute atomic E-state index is 0.326. The third-order valence-electron chi connectivity index (χ3n) is 3.71. The van der Waals surface area contributed by atoms with Crippen LogP contribution in [-0.4, -0.2) is 33.4 Å². The molecule has 18 heavy (non-hydrogen) atoms. The lowest BCUT2D eigenvalue weighted by atomic mass is 9.79. The molecule has 3 nitrogen and oxygen atoms in total. The molecule has 0 bridgehead atoms. The van der Waals surface area contributed by atoms with Crippen LogP contribution in [0.1, 0.15) is 22.6 Å². The summed E-state index contributed by atoms with van der Waals surface area (Å²) in [5.41, 5.74) is 0.326. The van der Waals surface area contributed by atoms with Gasteiger partial charge >= 0.3 is 0 Å². The quantitative estimate of drug-likeness (QED) is 0.829. The molecule has 102 valence electrons. The van der Waals surface area contributed by atoms with Crippen molar-refractivity contribution < 1.29 is 4.74 Å². The van der Waals surface area contributed by atoms with Crippen LogP contribution in [-0.2, 0) is 11.3 Å².